The Hall–Kier alpha value is -2.34. The van der Waals surface area contributed by atoms with Gasteiger partial charge in [0.1, 0.15) is 5.75 Å². The van der Waals surface area contributed by atoms with Gasteiger partial charge in [-0.1, -0.05) is 18.2 Å². The molecule has 2 aromatic rings. The zero-order chi connectivity index (χ0) is 18.4. The maximum Gasteiger partial charge on any atom is 0.260 e. The molecule has 0 radical (unpaired) electrons. The van der Waals surface area contributed by atoms with E-state index in [2.05, 4.69) is 0 Å². The predicted octanol–water partition coefficient (Wildman–Crippen LogP) is 2.74. The zero-order valence-corrected chi connectivity index (χ0v) is 15.8. The van der Waals surface area contributed by atoms with E-state index in [1.165, 1.54) is 0 Å². The SMILES string of the molecule is Cc1cccc(OCC(=O)N2CCCN(C(=O)Cc3cccs3)CC2)c1. The summed E-state index contributed by atoms with van der Waals surface area (Å²) in [4.78, 5) is 29.6. The molecule has 26 heavy (non-hydrogen) atoms. The van der Waals surface area contributed by atoms with Gasteiger partial charge in [-0.15, -0.1) is 11.3 Å². The number of rotatable bonds is 5. The second-order valence-electron chi connectivity index (χ2n) is 6.48. The molecular weight excluding hydrogens is 348 g/mol. The van der Waals surface area contributed by atoms with Gasteiger partial charge in [0, 0.05) is 31.1 Å². The van der Waals surface area contributed by atoms with E-state index >= 15 is 0 Å². The number of aryl methyl sites for hydroxylation is 1. The van der Waals surface area contributed by atoms with Crippen molar-refractivity contribution in [2.24, 2.45) is 0 Å². The number of ether oxygens (including phenoxy) is 1. The highest BCUT2D eigenvalue weighted by atomic mass is 32.1. The van der Waals surface area contributed by atoms with Crippen LogP contribution in [0.1, 0.15) is 16.9 Å². The summed E-state index contributed by atoms with van der Waals surface area (Å²) in [6, 6.07) is 11.6. The number of hydrogen-bond donors (Lipinski definition) is 0. The van der Waals surface area contributed by atoms with Gasteiger partial charge in [0.2, 0.25) is 5.91 Å². The Balaban J connectivity index is 1.48. The van der Waals surface area contributed by atoms with Gasteiger partial charge in [-0.05, 0) is 42.5 Å². The summed E-state index contributed by atoms with van der Waals surface area (Å²) in [5.74, 6) is 0.817. The third-order valence-corrected chi connectivity index (χ3v) is 5.34. The Morgan fingerprint density at radius 2 is 1.81 bits per heavy atom. The third-order valence-electron chi connectivity index (χ3n) is 4.46. The average molecular weight is 372 g/mol. The van der Waals surface area contributed by atoms with Crippen LogP contribution >= 0.6 is 11.3 Å². The van der Waals surface area contributed by atoms with Crippen molar-refractivity contribution in [3.63, 3.8) is 0 Å². The van der Waals surface area contributed by atoms with Crippen molar-refractivity contribution < 1.29 is 14.3 Å². The van der Waals surface area contributed by atoms with Crippen molar-refractivity contribution in [1.29, 1.82) is 0 Å². The molecule has 5 nitrogen and oxygen atoms in total. The molecule has 6 heteroatoms. The van der Waals surface area contributed by atoms with E-state index in [0.717, 1.165) is 16.9 Å². The number of carbonyl (C=O) groups is 2. The quantitative estimate of drug-likeness (QED) is 0.811. The van der Waals surface area contributed by atoms with Crippen molar-refractivity contribution in [3.8, 4) is 5.75 Å². The Kier molecular flexibility index (Phi) is 6.28. The standard InChI is InChI=1S/C20H24N2O3S/c1-16-5-2-6-17(13-16)25-15-20(24)22-9-4-8-21(10-11-22)19(23)14-18-7-3-12-26-18/h2-3,5-7,12-13H,4,8-11,14-15H2,1H3. The third kappa shape index (κ3) is 5.08. The minimum atomic E-state index is -0.0286. The molecule has 0 unspecified atom stereocenters. The summed E-state index contributed by atoms with van der Waals surface area (Å²) in [6.07, 6.45) is 1.24. The molecule has 3 rings (SSSR count). The van der Waals surface area contributed by atoms with Crippen LogP contribution < -0.4 is 4.74 Å². The highest BCUT2D eigenvalue weighted by Gasteiger charge is 2.22. The largest absolute Gasteiger partial charge is 0.484 e. The van der Waals surface area contributed by atoms with Crippen molar-refractivity contribution in [1.82, 2.24) is 9.80 Å². The number of benzene rings is 1. The Morgan fingerprint density at radius 3 is 2.50 bits per heavy atom. The smallest absolute Gasteiger partial charge is 0.260 e. The molecule has 1 fully saturated rings. The highest BCUT2D eigenvalue weighted by molar-refractivity contribution is 7.10. The van der Waals surface area contributed by atoms with Crippen LogP contribution in [0.3, 0.4) is 0 Å². The van der Waals surface area contributed by atoms with Gasteiger partial charge >= 0.3 is 0 Å². The van der Waals surface area contributed by atoms with E-state index in [9.17, 15) is 9.59 Å². The normalized spacial score (nSPS) is 14.8. The maximum atomic E-state index is 12.4. The first-order valence-electron chi connectivity index (χ1n) is 8.89. The van der Waals surface area contributed by atoms with Crippen molar-refractivity contribution in [2.45, 2.75) is 19.8 Å². The number of amides is 2. The summed E-state index contributed by atoms with van der Waals surface area (Å²) >= 11 is 1.60. The fraction of sp³-hybridized carbons (Fsp3) is 0.400. The van der Waals surface area contributed by atoms with Gasteiger partial charge in [-0.25, -0.2) is 0 Å². The van der Waals surface area contributed by atoms with Crippen LogP contribution in [0.5, 0.6) is 5.75 Å². The summed E-state index contributed by atoms with van der Waals surface area (Å²) in [6.45, 7) is 4.54. The number of nitrogens with zero attached hydrogens (tertiary/aromatic N) is 2. The van der Waals surface area contributed by atoms with Crippen molar-refractivity contribution >= 4 is 23.2 Å². The minimum Gasteiger partial charge on any atom is -0.484 e. The van der Waals surface area contributed by atoms with Gasteiger partial charge < -0.3 is 14.5 Å². The molecule has 0 saturated carbocycles. The number of hydrogen-bond acceptors (Lipinski definition) is 4. The van der Waals surface area contributed by atoms with E-state index < -0.39 is 0 Å². The molecule has 0 N–H and O–H groups in total. The molecule has 0 atom stereocenters. The van der Waals surface area contributed by atoms with Crippen LogP contribution in [-0.2, 0) is 16.0 Å². The van der Waals surface area contributed by atoms with E-state index in [1.807, 2.05) is 53.6 Å². The molecule has 1 aromatic carbocycles. The lowest BCUT2D eigenvalue weighted by Gasteiger charge is -2.22. The molecule has 1 saturated heterocycles. The summed E-state index contributed by atoms with van der Waals surface area (Å²) in [7, 11) is 0. The molecule has 0 spiro atoms. The number of thiophene rings is 1. The van der Waals surface area contributed by atoms with E-state index in [4.69, 9.17) is 4.74 Å². The summed E-state index contributed by atoms with van der Waals surface area (Å²) in [5.41, 5.74) is 1.10. The van der Waals surface area contributed by atoms with Gasteiger partial charge in [-0.2, -0.15) is 0 Å². The van der Waals surface area contributed by atoms with E-state index in [-0.39, 0.29) is 18.4 Å². The summed E-state index contributed by atoms with van der Waals surface area (Å²) < 4.78 is 5.62. The lowest BCUT2D eigenvalue weighted by atomic mass is 10.2. The first-order chi connectivity index (χ1) is 12.6. The molecule has 2 heterocycles. The topological polar surface area (TPSA) is 49.9 Å². The fourth-order valence-corrected chi connectivity index (χ4v) is 3.73. The van der Waals surface area contributed by atoms with Crippen LogP contribution in [0.4, 0.5) is 0 Å². The van der Waals surface area contributed by atoms with Gasteiger partial charge in [0.05, 0.1) is 6.42 Å². The van der Waals surface area contributed by atoms with Crippen LogP contribution in [0.15, 0.2) is 41.8 Å². The molecule has 0 bridgehead atoms. The van der Waals surface area contributed by atoms with E-state index in [1.54, 1.807) is 16.2 Å². The van der Waals surface area contributed by atoms with Crippen molar-refractivity contribution in [2.75, 3.05) is 32.8 Å². The fourth-order valence-electron chi connectivity index (χ4n) is 3.03. The van der Waals surface area contributed by atoms with Gasteiger partial charge in [-0.3, -0.25) is 9.59 Å². The molecule has 2 amide bonds. The van der Waals surface area contributed by atoms with Gasteiger partial charge in [0.25, 0.3) is 5.91 Å². The first kappa shape index (κ1) is 18.5. The molecular formula is C20H24N2O3S. The molecule has 1 aromatic heterocycles. The second kappa shape index (κ2) is 8.85. The number of carbonyl (C=O) groups excluding carboxylic acids is 2. The molecule has 1 aliphatic rings. The zero-order valence-electron chi connectivity index (χ0n) is 15.0. The van der Waals surface area contributed by atoms with Crippen LogP contribution in [0, 0.1) is 6.92 Å². The Labute approximate surface area is 158 Å². The lowest BCUT2D eigenvalue weighted by Crippen LogP contribution is -2.39. The van der Waals surface area contributed by atoms with Crippen LogP contribution in [-0.4, -0.2) is 54.4 Å². The maximum absolute atomic E-state index is 12.4. The molecule has 138 valence electrons. The highest BCUT2D eigenvalue weighted by Crippen LogP contribution is 2.14. The van der Waals surface area contributed by atoms with Crippen LogP contribution in [0.25, 0.3) is 0 Å². The molecule has 0 aliphatic carbocycles. The second-order valence-corrected chi connectivity index (χ2v) is 7.51. The van der Waals surface area contributed by atoms with Crippen LogP contribution in [0.2, 0.25) is 0 Å². The first-order valence-corrected chi connectivity index (χ1v) is 9.77. The molecule has 1 aliphatic heterocycles. The monoisotopic (exact) mass is 372 g/mol. The Bertz CT molecular complexity index is 745. The average Bonchev–Trinajstić information content (AvgIpc) is 3.01. The van der Waals surface area contributed by atoms with Gasteiger partial charge in [0.15, 0.2) is 6.61 Å². The predicted molar refractivity (Wildman–Crippen MR) is 102 cm³/mol. The minimum absolute atomic E-state index is 0.0286. The van der Waals surface area contributed by atoms with E-state index in [0.29, 0.717) is 38.3 Å². The van der Waals surface area contributed by atoms with Crippen molar-refractivity contribution in [3.05, 3.63) is 52.2 Å². The summed E-state index contributed by atoms with van der Waals surface area (Å²) in [5, 5.41) is 1.99. The Morgan fingerprint density at radius 1 is 1.04 bits per heavy atom. The lowest BCUT2D eigenvalue weighted by molar-refractivity contribution is -0.134.